The molecule has 0 saturated heterocycles. The first kappa shape index (κ1) is 57.7. The Balaban J connectivity index is 4.17. The van der Waals surface area contributed by atoms with Crippen LogP contribution in [0.15, 0.2) is 36.5 Å². The average molecular weight is 853 g/mol. The fraction of sp³-hybridized carbons (Fsp3) is 0.860. The number of carbonyl (C=O) groups is 1. The SMILES string of the molecule is CCCCCCC/C=C/CC/C=C/C(O)C(COP(=O)([O-])OCC[N+](C)(C)C)NC(=O)CCCCCCCCCCCC/C=C\CCCCCCCCCCCCCC. The molecule has 0 aromatic heterocycles. The Morgan fingerprint density at radius 3 is 1.37 bits per heavy atom. The van der Waals surface area contributed by atoms with Crippen LogP contribution in [0.4, 0.5) is 0 Å². The summed E-state index contributed by atoms with van der Waals surface area (Å²) < 4.78 is 23.2. The molecule has 3 unspecified atom stereocenters. The van der Waals surface area contributed by atoms with Gasteiger partial charge in [-0.15, -0.1) is 0 Å². The smallest absolute Gasteiger partial charge is 0.268 e. The van der Waals surface area contributed by atoms with Crippen molar-refractivity contribution < 1.29 is 32.9 Å². The normalized spacial score (nSPS) is 14.5. The highest BCUT2D eigenvalue weighted by Gasteiger charge is 2.23. The van der Waals surface area contributed by atoms with Gasteiger partial charge < -0.3 is 28.8 Å². The third kappa shape index (κ3) is 44.6. The summed E-state index contributed by atoms with van der Waals surface area (Å²) in [6, 6.07) is -0.901. The predicted octanol–water partition coefficient (Wildman–Crippen LogP) is 13.6. The summed E-state index contributed by atoms with van der Waals surface area (Å²) in [7, 11) is 1.24. The lowest BCUT2D eigenvalue weighted by molar-refractivity contribution is -0.870. The minimum absolute atomic E-state index is 0.00650. The highest BCUT2D eigenvalue weighted by Crippen LogP contribution is 2.38. The van der Waals surface area contributed by atoms with E-state index in [1.165, 1.54) is 167 Å². The lowest BCUT2D eigenvalue weighted by Gasteiger charge is -2.29. The molecule has 0 aromatic carbocycles. The highest BCUT2D eigenvalue weighted by atomic mass is 31.2. The maximum absolute atomic E-state index is 12.9. The quantitative estimate of drug-likeness (QED) is 0.0273. The van der Waals surface area contributed by atoms with Gasteiger partial charge in [-0.3, -0.25) is 9.36 Å². The van der Waals surface area contributed by atoms with Gasteiger partial charge in [-0.2, -0.15) is 0 Å². The van der Waals surface area contributed by atoms with Crippen LogP contribution in [0.25, 0.3) is 0 Å². The first-order valence-electron chi connectivity index (χ1n) is 24.9. The number of rotatable bonds is 45. The molecule has 348 valence electrons. The van der Waals surface area contributed by atoms with Crippen LogP contribution in [0, 0.1) is 0 Å². The topological polar surface area (TPSA) is 108 Å². The lowest BCUT2D eigenvalue weighted by Crippen LogP contribution is -2.45. The molecule has 0 bridgehead atoms. The molecule has 0 saturated carbocycles. The number of phosphoric ester groups is 1. The molecule has 9 heteroatoms. The van der Waals surface area contributed by atoms with E-state index in [0.29, 0.717) is 17.4 Å². The van der Waals surface area contributed by atoms with Crippen molar-refractivity contribution in [1.82, 2.24) is 5.32 Å². The molecular formula is C50H97N2O6P. The van der Waals surface area contributed by atoms with Gasteiger partial charge in [0.1, 0.15) is 13.2 Å². The van der Waals surface area contributed by atoms with Gasteiger partial charge in [0.15, 0.2) is 0 Å². The van der Waals surface area contributed by atoms with E-state index in [9.17, 15) is 19.4 Å². The van der Waals surface area contributed by atoms with E-state index in [1.54, 1.807) is 6.08 Å². The second-order valence-electron chi connectivity index (χ2n) is 18.2. The zero-order valence-electron chi connectivity index (χ0n) is 39.5. The van der Waals surface area contributed by atoms with Gasteiger partial charge >= 0.3 is 0 Å². The number of amides is 1. The fourth-order valence-electron chi connectivity index (χ4n) is 7.10. The van der Waals surface area contributed by atoms with Crippen LogP contribution < -0.4 is 10.2 Å². The summed E-state index contributed by atoms with van der Waals surface area (Å²) in [5.74, 6) is -0.209. The first-order chi connectivity index (χ1) is 28.5. The average Bonchev–Trinajstić information content (AvgIpc) is 3.19. The van der Waals surface area contributed by atoms with Crippen LogP contribution in [0.3, 0.4) is 0 Å². The van der Waals surface area contributed by atoms with Gasteiger partial charge in [0.25, 0.3) is 7.82 Å². The fourth-order valence-corrected chi connectivity index (χ4v) is 7.83. The van der Waals surface area contributed by atoms with Crippen molar-refractivity contribution in [3.05, 3.63) is 36.5 Å². The molecule has 8 nitrogen and oxygen atoms in total. The number of nitrogens with one attached hydrogen (secondary N) is 1. The number of hydrogen-bond acceptors (Lipinski definition) is 6. The third-order valence-electron chi connectivity index (χ3n) is 11.1. The predicted molar refractivity (Wildman–Crippen MR) is 251 cm³/mol. The summed E-state index contributed by atoms with van der Waals surface area (Å²) in [6.07, 6.45) is 52.2. The number of phosphoric acid groups is 1. The van der Waals surface area contributed by atoms with E-state index >= 15 is 0 Å². The molecule has 0 spiro atoms. The molecule has 0 aliphatic carbocycles. The second-order valence-corrected chi connectivity index (χ2v) is 19.6. The maximum Gasteiger partial charge on any atom is 0.268 e. The van der Waals surface area contributed by atoms with Crippen molar-refractivity contribution >= 4 is 13.7 Å². The van der Waals surface area contributed by atoms with E-state index < -0.39 is 26.6 Å². The van der Waals surface area contributed by atoms with Crippen LogP contribution in [0.2, 0.25) is 0 Å². The molecule has 3 atom stereocenters. The Morgan fingerprint density at radius 2 is 0.949 bits per heavy atom. The largest absolute Gasteiger partial charge is 0.756 e. The van der Waals surface area contributed by atoms with Gasteiger partial charge in [-0.05, 0) is 57.8 Å². The molecule has 0 aliphatic rings. The second kappa shape index (κ2) is 42.0. The lowest BCUT2D eigenvalue weighted by atomic mass is 10.0. The number of likely N-dealkylation sites (N-methyl/N-ethyl adjacent to an activating group) is 1. The van der Waals surface area contributed by atoms with Crippen molar-refractivity contribution in [3.63, 3.8) is 0 Å². The van der Waals surface area contributed by atoms with Crippen molar-refractivity contribution in [2.45, 2.75) is 238 Å². The standard InChI is InChI=1S/C50H97N2O6P/c1-6-8-10-12-14-16-18-19-20-21-22-23-24-25-26-27-28-29-30-31-32-34-36-38-40-42-44-50(54)51-48(47-58-59(55,56)57-46-45-52(3,4)5)49(53)43-41-39-37-35-33-17-15-13-11-9-7-2/h25-26,33,35,41,43,48-49,53H,6-24,27-32,34,36-40,42,44-47H2,1-5H3,(H-,51,54,55,56)/b26-25-,35-33+,43-41+. The minimum atomic E-state index is -4.59. The number of allylic oxidation sites excluding steroid dienone is 5. The van der Waals surface area contributed by atoms with E-state index in [2.05, 4.69) is 43.5 Å². The van der Waals surface area contributed by atoms with Crippen LogP contribution in [-0.2, 0) is 18.4 Å². The number of aliphatic hydroxyl groups excluding tert-OH is 1. The van der Waals surface area contributed by atoms with Crippen LogP contribution in [0.1, 0.15) is 226 Å². The van der Waals surface area contributed by atoms with Crippen molar-refractivity contribution in [2.75, 3.05) is 40.9 Å². The molecule has 0 fully saturated rings. The zero-order valence-corrected chi connectivity index (χ0v) is 40.4. The molecule has 0 rings (SSSR count). The highest BCUT2D eigenvalue weighted by molar-refractivity contribution is 7.45. The first-order valence-corrected chi connectivity index (χ1v) is 26.3. The van der Waals surface area contributed by atoms with Crippen molar-refractivity contribution in [1.29, 1.82) is 0 Å². The number of quaternary nitrogens is 1. The summed E-state index contributed by atoms with van der Waals surface area (Å²) in [4.78, 5) is 25.3. The molecule has 0 aliphatic heterocycles. The van der Waals surface area contributed by atoms with E-state index in [1.807, 2.05) is 27.2 Å². The zero-order chi connectivity index (χ0) is 43.6. The van der Waals surface area contributed by atoms with Crippen LogP contribution in [0.5, 0.6) is 0 Å². The molecule has 0 heterocycles. The number of aliphatic hydroxyl groups is 1. The van der Waals surface area contributed by atoms with E-state index in [4.69, 9.17) is 9.05 Å². The van der Waals surface area contributed by atoms with Gasteiger partial charge in [0, 0.05) is 6.42 Å². The summed E-state index contributed by atoms with van der Waals surface area (Å²) in [5, 5.41) is 13.7. The van der Waals surface area contributed by atoms with Gasteiger partial charge in [-0.25, -0.2) is 0 Å². The van der Waals surface area contributed by atoms with Crippen LogP contribution >= 0.6 is 7.82 Å². The van der Waals surface area contributed by atoms with Crippen molar-refractivity contribution in [2.24, 2.45) is 0 Å². The Bertz CT molecular complexity index is 1060. The molecule has 0 aromatic rings. The summed E-state index contributed by atoms with van der Waals surface area (Å²) >= 11 is 0. The Kier molecular flexibility index (Phi) is 41.1. The molecule has 0 radical (unpaired) electrons. The minimum Gasteiger partial charge on any atom is -0.756 e. The van der Waals surface area contributed by atoms with Gasteiger partial charge in [-0.1, -0.05) is 198 Å². The number of hydrogen-bond donors (Lipinski definition) is 2. The monoisotopic (exact) mass is 853 g/mol. The Labute approximate surface area is 366 Å². The maximum atomic E-state index is 12.9. The van der Waals surface area contributed by atoms with Crippen LogP contribution in [-0.4, -0.2) is 68.5 Å². The number of nitrogens with zero attached hydrogens (tertiary/aromatic N) is 1. The van der Waals surface area contributed by atoms with Gasteiger partial charge in [0.05, 0.1) is 39.9 Å². The number of unbranched alkanes of at least 4 members (excludes halogenated alkanes) is 28. The number of carbonyl (C=O) groups excluding carboxylic acids is 1. The molecule has 2 N–H and O–H groups in total. The van der Waals surface area contributed by atoms with E-state index in [0.717, 1.165) is 38.5 Å². The molecular weight excluding hydrogens is 756 g/mol. The summed E-state index contributed by atoms with van der Waals surface area (Å²) in [5.41, 5.74) is 0. The Hall–Kier alpha value is -1.28. The molecule has 59 heavy (non-hydrogen) atoms. The van der Waals surface area contributed by atoms with Crippen molar-refractivity contribution in [3.8, 4) is 0 Å². The molecule has 1 amide bonds. The van der Waals surface area contributed by atoms with Gasteiger partial charge in [0.2, 0.25) is 5.91 Å². The summed E-state index contributed by atoms with van der Waals surface area (Å²) in [6.45, 7) is 4.61. The third-order valence-corrected chi connectivity index (χ3v) is 12.0. The van der Waals surface area contributed by atoms with E-state index in [-0.39, 0.29) is 12.5 Å². The Morgan fingerprint density at radius 1 is 0.576 bits per heavy atom.